The third-order valence-electron chi connectivity index (χ3n) is 6.21. The number of nitrogens with one attached hydrogen (secondary N) is 3. The number of nitrogens with zero attached hydrogens (tertiary/aromatic N) is 1. The monoisotopic (exact) mass is 408 g/mol. The Labute approximate surface area is 176 Å². The minimum Gasteiger partial charge on any atom is -0.379 e. The second kappa shape index (κ2) is 12.2. The van der Waals surface area contributed by atoms with Crippen LogP contribution in [0.4, 0.5) is 4.79 Å². The van der Waals surface area contributed by atoms with Crippen molar-refractivity contribution >= 4 is 11.9 Å². The minimum atomic E-state index is -0.108. The molecular formula is C22H40N4O3. The molecule has 1 fully saturated rings. The van der Waals surface area contributed by atoms with E-state index in [1.54, 1.807) is 0 Å². The summed E-state index contributed by atoms with van der Waals surface area (Å²) in [6, 6.07) is -0.108. The Hall–Kier alpha value is -1.60. The van der Waals surface area contributed by atoms with E-state index in [-0.39, 0.29) is 17.9 Å². The lowest BCUT2D eigenvalue weighted by molar-refractivity contribution is -0.122. The summed E-state index contributed by atoms with van der Waals surface area (Å²) in [4.78, 5) is 26.6. The van der Waals surface area contributed by atoms with Crippen LogP contribution in [0.15, 0.2) is 11.6 Å². The highest BCUT2D eigenvalue weighted by Crippen LogP contribution is 2.38. The van der Waals surface area contributed by atoms with E-state index >= 15 is 0 Å². The lowest BCUT2D eigenvalue weighted by Gasteiger charge is -2.37. The zero-order valence-corrected chi connectivity index (χ0v) is 18.6. The number of carbonyl (C=O) groups excluding carboxylic acids is 2. The highest BCUT2D eigenvalue weighted by molar-refractivity contribution is 5.76. The summed E-state index contributed by atoms with van der Waals surface area (Å²) < 4.78 is 5.36. The molecule has 1 aliphatic carbocycles. The first kappa shape index (κ1) is 23.7. The molecule has 0 bridgehead atoms. The average Bonchev–Trinajstić information content (AvgIpc) is 2.69. The van der Waals surface area contributed by atoms with E-state index in [1.165, 1.54) is 5.57 Å². The lowest BCUT2D eigenvalue weighted by atomic mass is 9.70. The number of carbonyl (C=O) groups is 2. The van der Waals surface area contributed by atoms with Gasteiger partial charge < -0.3 is 20.7 Å². The molecule has 3 N–H and O–H groups in total. The minimum absolute atomic E-state index is 0.108. The van der Waals surface area contributed by atoms with Gasteiger partial charge >= 0.3 is 6.03 Å². The number of urea groups is 1. The van der Waals surface area contributed by atoms with E-state index in [0.717, 1.165) is 39.3 Å². The highest BCUT2D eigenvalue weighted by Gasteiger charge is 2.32. The maximum absolute atomic E-state index is 12.5. The second-order valence-electron chi connectivity index (χ2n) is 8.66. The first-order valence-corrected chi connectivity index (χ1v) is 11.2. The van der Waals surface area contributed by atoms with Gasteiger partial charge in [0.25, 0.3) is 0 Å². The normalized spacial score (nSPS) is 25.4. The van der Waals surface area contributed by atoms with E-state index in [4.69, 9.17) is 4.74 Å². The van der Waals surface area contributed by atoms with Gasteiger partial charge in [-0.15, -0.1) is 0 Å². The molecule has 0 aromatic heterocycles. The van der Waals surface area contributed by atoms with Crippen molar-refractivity contribution in [2.24, 2.45) is 23.7 Å². The van der Waals surface area contributed by atoms with E-state index in [0.29, 0.717) is 43.8 Å². The molecule has 7 nitrogen and oxygen atoms in total. The zero-order chi connectivity index (χ0) is 21.2. The van der Waals surface area contributed by atoms with Crippen molar-refractivity contribution in [2.75, 3.05) is 52.5 Å². The fraction of sp³-hybridized carbons (Fsp3) is 0.818. The number of hydrogen-bond acceptors (Lipinski definition) is 4. The second-order valence-corrected chi connectivity index (χ2v) is 8.66. The topological polar surface area (TPSA) is 82.7 Å². The molecule has 1 heterocycles. The van der Waals surface area contributed by atoms with Gasteiger partial charge in [-0.2, -0.15) is 0 Å². The standard InChI is InChI=1S/C22H40N4O3/c1-5-23-22(28)25-15-19-12-17(4)18(13-20(19)16(2)3)14-21(27)24-6-7-26-8-10-29-11-9-26/h12,16,18-20H,5-11,13-15H2,1-4H3,(H,24,27)(H2,23,25,28). The zero-order valence-electron chi connectivity index (χ0n) is 18.6. The van der Waals surface area contributed by atoms with Crippen molar-refractivity contribution in [3.63, 3.8) is 0 Å². The fourth-order valence-electron chi connectivity index (χ4n) is 4.42. The molecule has 1 aliphatic heterocycles. The molecule has 2 rings (SSSR count). The Kier molecular flexibility index (Phi) is 9.94. The molecular weight excluding hydrogens is 368 g/mol. The summed E-state index contributed by atoms with van der Waals surface area (Å²) in [6.07, 6.45) is 3.83. The Morgan fingerprint density at radius 1 is 1.21 bits per heavy atom. The van der Waals surface area contributed by atoms with Crippen molar-refractivity contribution < 1.29 is 14.3 Å². The van der Waals surface area contributed by atoms with Crippen LogP contribution in [0.25, 0.3) is 0 Å². The summed E-state index contributed by atoms with van der Waals surface area (Å²) in [7, 11) is 0. The van der Waals surface area contributed by atoms with Crippen LogP contribution >= 0.6 is 0 Å². The van der Waals surface area contributed by atoms with Crippen molar-refractivity contribution in [2.45, 2.75) is 40.5 Å². The van der Waals surface area contributed by atoms with Crippen LogP contribution in [0.5, 0.6) is 0 Å². The van der Waals surface area contributed by atoms with Crippen molar-refractivity contribution in [3.8, 4) is 0 Å². The maximum atomic E-state index is 12.5. The van der Waals surface area contributed by atoms with Crippen molar-refractivity contribution in [3.05, 3.63) is 11.6 Å². The highest BCUT2D eigenvalue weighted by atomic mass is 16.5. The molecule has 7 heteroatoms. The fourth-order valence-corrected chi connectivity index (χ4v) is 4.42. The van der Waals surface area contributed by atoms with Crippen LogP contribution in [0.3, 0.4) is 0 Å². The van der Waals surface area contributed by atoms with Crippen molar-refractivity contribution in [1.82, 2.24) is 20.9 Å². The van der Waals surface area contributed by atoms with E-state index in [2.05, 4.69) is 47.7 Å². The number of rotatable bonds is 9. The SMILES string of the molecule is CCNC(=O)NCC1C=C(C)C(CC(=O)NCCN2CCOCC2)CC1C(C)C. The molecule has 0 saturated carbocycles. The van der Waals surface area contributed by atoms with E-state index in [9.17, 15) is 9.59 Å². The molecule has 0 radical (unpaired) electrons. The number of morpholine rings is 1. The van der Waals surface area contributed by atoms with Gasteiger partial charge in [-0.3, -0.25) is 9.69 Å². The third-order valence-corrected chi connectivity index (χ3v) is 6.21. The Bertz CT molecular complexity index is 558. The average molecular weight is 409 g/mol. The summed E-state index contributed by atoms with van der Waals surface area (Å²) in [6.45, 7) is 14.8. The number of amides is 3. The van der Waals surface area contributed by atoms with Crippen LogP contribution in [0.1, 0.15) is 40.5 Å². The molecule has 3 atom stereocenters. The van der Waals surface area contributed by atoms with Crippen molar-refractivity contribution in [1.29, 1.82) is 0 Å². The van der Waals surface area contributed by atoms with Gasteiger partial charge in [-0.25, -0.2) is 4.79 Å². The summed E-state index contributed by atoms with van der Waals surface area (Å²) >= 11 is 0. The molecule has 166 valence electrons. The summed E-state index contributed by atoms with van der Waals surface area (Å²) in [5.41, 5.74) is 1.27. The molecule has 1 saturated heterocycles. The van der Waals surface area contributed by atoms with Gasteiger partial charge in [-0.1, -0.05) is 25.5 Å². The first-order chi connectivity index (χ1) is 13.9. The Morgan fingerprint density at radius 2 is 1.93 bits per heavy atom. The van der Waals surface area contributed by atoms with Gasteiger partial charge in [-0.05, 0) is 43.9 Å². The molecule has 3 unspecified atom stereocenters. The molecule has 0 spiro atoms. The van der Waals surface area contributed by atoms with Gasteiger partial charge in [0.2, 0.25) is 5.91 Å². The predicted octanol–water partition coefficient (Wildman–Crippen LogP) is 2.00. The molecule has 29 heavy (non-hydrogen) atoms. The van der Waals surface area contributed by atoms with E-state index in [1.807, 2.05) is 6.92 Å². The number of allylic oxidation sites excluding steroid dienone is 1. The number of ether oxygens (including phenoxy) is 1. The predicted molar refractivity (Wildman–Crippen MR) is 116 cm³/mol. The number of hydrogen-bond donors (Lipinski definition) is 3. The first-order valence-electron chi connectivity index (χ1n) is 11.2. The molecule has 2 aliphatic rings. The van der Waals surface area contributed by atoms with Gasteiger partial charge in [0.1, 0.15) is 0 Å². The van der Waals surface area contributed by atoms with E-state index < -0.39 is 0 Å². The maximum Gasteiger partial charge on any atom is 0.314 e. The lowest BCUT2D eigenvalue weighted by Crippen LogP contribution is -2.42. The van der Waals surface area contributed by atoms with Crippen LogP contribution in [-0.2, 0) is 9.53 Å². The quantitative estimate of drug-likeness (QED) is 0.510. The third kappa shape index (κ3) is 7.97. The van der Waals surface area contributed by atoms with Crippen LogP contribution in [0.2, 0.25) is 0 Å². The summed E-state index contributed by atoms with van der Waals surface area (Å²) in [5.74, 6) is 1.71. The largest absolute Gasteiger partial charge is 0.379 e. The smallest absolute Gasteiger partial charge is 0.314 e. The van der Waals surface area contributed by atoms with Crippen LogP contribution in [0, 0.1) is 23.7 Å². The Morgan fingerprint density at radius 3 is 2.59 bits per heavy atom. The van der Waals surface area contributed by atoms with Gasteiger partial charge in [0.15, 0.2) is 0 Å². The molecule has 0 aromatic carbocycles. The molecule has 0 aromatic rings. The Balaban J connectivity index is 1.82. The molecule has 3 amide bonds. The van der Waals surface area contributed by atoms with Gasteiger partial charge in [0, 0.05) is 45.7 Å². The summed E-state index contributed by atoms with van der Waals surface area (Å²) in [5, 5.41) is 8.86. The van der Waals surface area contributed by atoms with Crippen LogP contribution in [-0.4, -0.2) is 69.3 Å². The van der Waals surface area contributed by atoms with Crippen LogP contribution < -0.4 is 16.0 Å². The van der Waals surface area contributed by atoms with Gasteiger partial charge in [0.05, 0.1) is 13.2 Å².